The second-order valence-electron chi connectivity index (χ2n) is 10.4. The molecule has 2 aliphatic heterocycles. The van der Waals surface area contributed by atoms with E-state index in [0.717, 1.165) is 25.7 Å². The van der Waals surface area contributed by atoms with Crippen LogP contribution in [0.4, 0.5) is 0 Å². The highest BCUT2D eigenvalue weighted by Crippen LogP contribution is 2.52. The molecule has 2 saturated heterocycles. The maximum Gasteiger partial charge on any atom is 0.247 e. The molecule has 8 nitrogen and oxygen atoms in total. The highest BCUT2D eigenvalue weighted by Gasteiger charge is 2.54. The molecule has 1 aromatic carbocycles. The van der Waals surface area contributed by atoms with Crippen LogP contribution < -0.4 is 16.0 Å². The molecular formula is C28H44N4O4. The first kappa shape index (κ1) is 28.1. The van der Waals surface area contributed by atoms with Gasteiger partial charge in [-0.15, -0.1) is 0 Å². The van der Waals surface area contributed by atoms with Gasteiger partial charge in [-0.05, 0) is 63.1 Å². The maximum atomic E-state index is 12.9. The van der Waals surface area contributed by atoms with Crippen LogP contribution in [0.1, 0.15) is 82.4 Å². The van der Waals surface area contributed by atoms with Gasteiger partial charge >= 0.3 is 0 Å². The minimum atomic E-state index is -0.454. The number of likely N-dealkylation sites (N-methyl/N-ethyl adjacent to an activating group) is 1. The van der Waals surface area contributed by atoms with E-state index in [1.165, 1.54) is 36.8 Å². The minimum Gasteiger partial charge on any atom is -0.358 e. The highest BCUT2D eigenvalue weighted by molar-refractivity contribution is 5.89. The monoisotopic (exact) mass is 500 g/mol. The molecule has 1 aliphatic carbocycles. The summed E-state index contributed by atoms with van der Waals surface area (Å²) >= 11 is 0. The SMILES string of the molecule is CCCC(NC=O)c1ccccc1C.CNCC(=O)NC1CCOC2CC3(CCCC3)C(C)N2C1=O. The van der Waals surface area contributed by atoms with E-state index in [2.05, 4.69) is 48.9 Å². The van der Waals surface area contributed by atoms with Crippen LogP contribution in [0.3, 0.4) is 0 Å². The fraction of sp³-hybridized carbons (Fsp3) is 0.679. The largest absolute Gasteiger partial charge is 0.358 e. The number of carbonyl (C=O) groups excluding carboxylic acids is 3. The van der Waals surface area contributed by atoms with Crippen LogP contribution in [0.2, 0.25) is 0 Å². The number of aryl methyl sites for hydroxylation is 1. The zero-order chi connectivity index (χ0) is 26.1. The van der Waals surface area contributed by atoms with Crippen molar-refractivity contribution >= 4 is 18.2 Å². The minimum absolute atomic E-state index is 0.0308. The topological polar surface area (TPSA) is 99.8 Å². The fourth-order valence-electron chi connectivity index (χ4n) is 6.18. The van der Waals surface area contributed by atoms with Crippen molar-refractivity contribution in [1.82, 2.24) is 20.9 Å². The third kappa shape index (κ3) is 6.45. The number of fused-ring (bicyclic) bond motifs is 1. The van der Waals surface area contributed by atoms with Crippen molar-refractivity contribution in [2.45, 2.75) is 96.5 Å². The van der Waals surface area contributed by atoms with Crippen LogP contribution in [-0.2, 0) is 19.1 Å². The molecular weight excluding hydrogens is 456 g/mol. The van der Waals surface area contributed by atoms with Crippen LogP contribution in [0, 0.1) is 12.3 Å². The van der Waals surface area contributed by atoms with E-state index in [1.54, 1.807) is 7.05 Å². The van der Waals surface area contributed by atoms with Gasteiger partial charge in [0, 0.05) is 12.5 Å². The lowest BCUT2D eigenvalue weighted by Crippen LogP contribution is -2.52. The average Bonchev–Trinajstić information content (AvgIpc) is 3.39. The quantitative estimate of drug-likeness (QED) is 0.476. The molecule has 3 amide bonds. The summed E-state index contributed by atoms with van der Waals surface area (Å²) in [7, 11) is 1.72. The van der Waals surface area contributed by atoms with Gasteiger partial charge in [-0.3, -0.25) is 14.4 Å². The summed E-state index contributed by atoms with van der Waals surface area (Å²) in [5.41, 5.74) is 2.69. The Morgan fingerprint density at radius 2 is 2.00 bits per heavy atom. The van der Waals surface area contributed by atoms with Gasteiger partial charge in [0.2, 0.25) is 18.2 Å². The molecule has 4 rings (SSSR count). The Hall–Kier alpha value is -2.45. The summed E-state index contributed by atoms with van der Waals surface area (Å²) in [6.07, 6.45) is 9.13. The first-order chi connectivity index (χ1) is 17.4. The molecule has 0 radical (unpaired) electrons. The Balaban J connectivity index is 0.000000223. The molecule has 3 fully saturated rings. The maximum absolute atomic E-state index is 12.9. The number of carbonyl (C=O) groups is 3. The van der Waals surface area contributed by atoms with Crippen LogP contribution in [0.15, 0.2) is 24.3 Å². The first-order valence-corrected chi connectivity index (χ1v) is 13.5. The van der Waals surface area contributed by atoms with Gasteiger partial charge in [0.25, 0.3) is 0 Å². The van der Waals surface area contributed by atoms with Crippen LogP contribution in [-0.4, -0.2) is 61.6 Å². The molecule has 1 spiro atoms. The Kier molecular flexibility index (Phi) is 10.3. The second kappa shape index (κ2) is 13.2. The van der Waals surface area contributed by atoms with Crippen LogP contribution in [0.25, 0.3) is 0 Å². The highest BCUT2D eigenvalue weighted by atomic mass is 16.5. The molecule has 36 heavy (non-hydrogen) atoms. The number of hydrogen-bond donors (Lipinski definition) is 3. The first-order valence-electron chi connectivity index (χ1n) is 13.5. The van der Waals surface area contributed by atoms with E-state index in [0.29, 0.717) is 13.0 Å². The number of rotatable bonds is 8. The molecule has 3 aliphatic rings. The number of benzene rings is 1. The predicted molar refractivity (Wildman–Crippen MR) is 140 cm³/mol. The molecule has 8 heteroatoms. The molecule has 0 aromatic heterocycles. The zero-order valence-electron chi connectivity index (χ0n) is 22.3. The lowest BCUT2D eigenvalue weighted by molar-refractivity contribution is -0.143. The summed E-state index contributed by atoms with van der Waals surface area (Å²) in [5, 5.41) is 8.52. The van der Waals surface area contributed by atoms with Crippen molar-refractivity contribution in [2.24, 2.45) is 5.41 Å². The molecule has 200 valence electrons. The van der Waals surface area contributed by atoms with E-state index in [1.807, 2.05) is 17.0 Å². The standard InChI is InChI=1S/C16H27N3O3.C12H17NO/c1-11-16(6-3-4-7-16)9-14-19(11)15(21)12(5-8-22-14)18-13(20)10-17-2;1-3-6-12(13-9-14)11-8-5-4-7-10(11)2/h11-12,14,17H,3-10H2,1-2H3,(H,18,20);4-5,7-9,12H,3,6H2,1-2H3,(H,13,14). The molecule has 2 heterocycles. The summed E-state index contributed by atoms with van der Waals surface area (Å²) in [5.74, 6) is -0.107. The molecule has 4 atom stereocenters. The normalized spacial score (nSPS) is 25.4. The third-order valence-electron chi connectivity index (χ3n) is 8.15. The number of nitrogens with zero attached hydrogens (tertiary/aromatic N) is 1. The lowest BCUT2D eigenvalue weighted by atomic mass is 9.79. The van der Waals surface area contributed by atoms with Gasteiger partial charge in [0.1, 0.15) is 12.3 Å². The Morgan fingerprint density at radius 3 is 2.64 bits per heavy atom. The number of hydrogen-bond acceptors (Lipinski definition) is 5. The van der Waals surface area contributed by atoms with E-state index in [4.69, 9.17) is 4.74 Å². The van der Waals surface area contributed by atoms with Gasteiger partial charge in [-0.25, -0.2) is 0 Å². The van der Waals surface area contributed by atoms with Crippen molar-refractivity contribution in [2.75, 3.05) is 20.2 Å². The molecule has 3 N–H and O–H groups in total. The van der Waals surface area contributed by atoms with Crippen molar-refractivity contribution in [3.63, 3.8) is 0 Å². The molecule has 4 unspecified atom stereocenters. The Labute approximate surface area is 215 Å². The fourth-order valence-corrected chi connectivity index (χ4v) is 6.18. The molecule has 1 aromatic rings. The summed E-state index contributed by atoms with van der Waals surface area (Å²) < 4.78 is 5.96. The Bertz CT molecular complexity index is 886. The Morgan fingerprint density at radius 1 is 1.28 bits per heavy atom. The molecule has 1 saturated carbocycles. The average molecular weight is 501 g/mol. The lowest BCUT2D eigenvalue weighted by Gasteiger charge is -2.33. The second-order valence-corrected chi connectivity index (χ2v) is 10.4. The van der Waals surface area contributed by atoms with Crippen molar-refractivity contribution in [3.05, 3.63) is 35.4 Å². The summed E-state index contributed by atoms with van der Waals surface area (Å²) in [6, 6.07) is 8.09. The number of amides is 3. The van der Waals surface area contributed by atoms with Crippen molar-refractivity contribution in [1.29, 1.82) is 0 Å². The van der Waals surface area contributed by atoms with Gasteiger partial charge < -0.3 is 25.6 Å². The molecule has 0 bridgehead atoms. The predicted octanol–water partition coefficient (Wildman–Crippen LogP) is 3.20. The zero-order valence-corrected chi connectivity index (χ0v) is 22.3. The van der Waals surface area contributed by atoms with E-state index in [9.17, 15) is 14.4 Å². The van der Waals surface area contributed by atoms with E-state index >= 15 is 0 Å². The summed E-state index contributed by atoms with van der Waals surface area (Å²) in [4.78, 5) is 37.1. The van der Waals surface area contributed by atoms with Gasteiger partial charge in [-0.2, -0.15) is 0 Å². The van der Waals surface area contributed by atoms with Crippen molar-refractivity contribution in [3.8, 4) is 0 Å². The third-order valence-corrected chi connectivity index (χ3v) is 8.15. The number of nitrogens with one attached hydrogen (secondary N) is 3. The van der Waals surface area contributed by atoms with Crippen LogP contribution >= 0.6 is 0 Å². The van der Waals surface area contributed by atoms with E-state index in [-0.39, 0.29) is 42.1 Å². The smallest absolute Gasteiger partial charge is 0.247 e. The van der Waals surface area contributed by atoms with Crippen LogP contribution in [0.5, 0.6) is 0 Å². The van der Waals surface area contributed by atoms with Crippen molar-refractivity contribution < 1.29 is 19.1 Å². The van der Waals surface area contributed by atoms with E-state index < -0.39 is 6.04 Å². The van der Waals surface area contributed by atoms with Gasteiger partial charge in [0.15, 0.2) is 0 Å². The van der Waals surface area contributed by atoms with Gasteiger partial charge in [-0.1, -0.05) is 50.5 Å². The summed E-state index contributed by atoms with van der Waals surface area (Å²) in [6.45, 7) is 7.11. The van der Waals surface area contributed by atoms with Gasteiger partial charge in [0.05, 0.1) is 19.2 Å². The number of ether oxygens (including phenoxy) is 1.